The van der Waals surface area contributed by atoms with Gasteiger partial charge in [-0.2, -0.15) is 0 Å². The van der Waals surface area contributed by atoms with E-state index >= 15 is 0 Å². The molecule has 0 saturated carbocycles. The number of benzene rings is 2. The summed E-state index contributed by atoms with van der Waals surface area (Å²) < 4.78 is 10.7. The molecule has 0 bridgehead atoms. The van der Waals surface area contributed by atoms with Gasteiger partial charge in [0.1, 0.15) is 17.1 Å². The van der Waals surface area contributed by atoms with Crippen LogP contribution in [0.15, 0.2) is 51.7 Å². The Balaban J connectivity index is 2.33. The van der Waals surface area contributed by atoms with Gasteiger partial charge in [-0.05, 0) is 24.3 Å². The van der Waals surface area contributed by atoms with Crippen molar-refractivity contribution < 1.29 is 19.4 Å². The molecule has 0 unspecified atom stereocenters. The molecule has 0 atom stereocenters. The molecule has 0 amide bonds. The number of hydrogen-bond donors (Lipinski definition) is 2. The Kier molecular flexibility index (Phi) is 3.02. The smallest absolute Gasteiger partial charge is 0.235 e. The molecule has 1 aromatic heterocycles. The van der Waals surface area contributed by atoms with E-state index in [0.29, 0.717) is 16.9 Å². The summed E-state index contributed by atoms with van der Waals surface area (Å²) >= 11 is 0. The first kappa shape index (κ1) is 13.1. The summed E-state index contributed by atoms with van der Waals surface area (Å²) in [5.74, 6) is 0.0772. The third-order valence-electron chi connectivity index (χ3n) is 3.18. The van der Waals surface area contributed by atoms with Crippen molar-refractivity contribution in [1.29, 1.82) is 0 Å². The first-order valence-corrected chi connectivity index (χ1v) is 6.23. The molecule has 3 rings (SSSR count). The number of phenolic OH excluding ortho intramolecular Hbond substituents is 1. The van der Waals surface area contributed by atoms with Crippen LogP contribution in [-0.4, -0.2) is 17.3 Å². The zero-order valence-electron chi connectivity index (χ0n) is 11.2. The Bertz CT molecular complexity index is 879. The van der Waals surface area contributed by atoms with Gasteiger partial charge < -0.3 is 19.4 Å². The van der Waals surface area contributed by atoms with Crippen LogP contribution in [0.4, 0.5) is 0 Å². The molecule has 5 heteroatoms. The minimum absolute atomic E-state index is 0.0108. The number of hydrogen-bond acceptors (Lipinski definition) is 5. The van der Waals surface area contributed by atoms with Crippen LogP contribution in [0.1, 0.15) is 0 Å². The Morgan fingerprint density at radius 1 is 1.10 bits per heavy atom. The van der Waals surface area contributed by atoms with E-state index in [0.717, 1.165) is 0 Å². The number of methoxy groups -OCH3 is 1. The molecule has 106 valence electrons. The minimum atomic E-state index is -0.530. The van der Waals surface area contributed by atoms with Gasteiger partial charge in [-0.1, -0.05) is 12.1 Å². The second kappa shape index (κ2) is 4.86. The third-order valence-corrected chi connectivity index (χ3v) is 3.18. The maximum absolute atomic E-state index is 12.2. The Labute approximate surface area is 119 Å². The number of fused-ring (bicyclic) bond motifs is 1. The highest BCUT2D eigenvalue weighted by Crippen LogP contribution is 2.32. The highest BCUT2D eigenvalue weighted by molar-refractivity contribution is 5.83. The van der Waals surface area contributed by atoms with Crippen LogP contribution in [0.3, 0.4) is 0 Å². The lowest BCUT2D eigenvalue weighted by molar-refractivity contribution is 0.413. The maximum atomic E-state index is 12.2. The summed E-state index contributed by atoms with van der Waals surface area (Å²) in [7, 11) is 1.51. The van der Waals surface area contributed by atoms with E-state index in [4.69, 9.17) is 9.15 Å². The topological polar surface area (TPSA) is 79.9 Å². The Morgan fingerprint density at radius 2 is 1.90 bits per heavy atom. The van der Waals surface area contributed by atoms with Gasteiger partial charge in [0.25, 0.3) is 0 Å². The number of phenols is 1. The standard InChI is InChI=1S/C16H12O5/c1-20-11-5-6-12-13(8-11)21-16(15(19)14(12)18)9-3-2-4-10(17)7-9/h2-8,17,19H,1H3. The highest BCUT2D eigenvalue weighted by atomic mass is 16.5. The van der Waals surface area contributed by atoms with Crippen molar-refractivity contribution in [2.24, 2.45) is 0 Å². The first-order chi connectivity index (χ1) is 10.1. The molecule has 21 heavy (non-hydrogen) atoms. The van der Waals surface area contributed by atoms with Crippen LogP contribution in [-0.2, 0) is 0 Å². The molecular formula is C16H12O5. The maximum Gasteiger partial charge on any atom is 0.235 e. The molecule has 1 heterocycles. The molecule has 2 aromatic carbocycles. The second-order valence-corrected chi connectivity index (χ2v) is 4.52. The van der Waals surface area contributed by atoms with E-state index < -0.39 is 11.2 Å². The zero-order chi connectivity index (χ0) is 15.0. The lowest BCUT2D eigenvalue weighted by Crippen LogP contribution is -2.02. The summed E-state index contributed by atoms with van der Waals surface area (Å²) in [4.78, 5) is 12.2. The number of ether oxygens (including phenoxy) is 1. The summed E-state index contributed by atoms with van der Waals surface area (Å²) in [6, 6.07) is 10.8. The molecule has 0 saturated heterocycles. The predicted octanol–water partition coefficient (Wildman–Crippen LogP) is 2.88. The molecule has 0 radical (unpaired) electrons. The van der Waals surface area contributed by atoms with Crippen molar-refractivity contribution in [2.45, 2.75) is 0 Å². The number of aromatic hydroxyl groups is 2. The van der Waals surface area contributed by atoms with Crippen molar-refractivity contribution in [3.63, 3.8) is 0 Å². The molecule has 0 spiro atoms. The Morgan fingerprint density at radius 3 is 2.62 bits per heavy atom. The van der Waals surface area contributed by atoms with Gasteiger partial charge in [0.15, 0.2) is 5.76 Å². The van der Waals surface area contributed by atoms with E-state index in [1.54, 1.807) is 24.3 Å². The van der Waals surface area contributed by atoms with Gasteiger partial charge in [0, 0.05) is 11.6 Å². The molecule has 5 nitrogen and oxygen atoms in total. The van der Waals surface area contributed by atoms with Crippen molar-refractivity contribution in [3.05, 3.63) is 52.7 Å². The average Bonchev–Trinajstić information content (AvgIpc) is 2.50. The van der Waals surface area contributed by atoms with Gasteiger partial charge in [0.05, 0.1) is 12.5 Å². The van der Waals surface area contributed by atoms with E-state index in [1.165, 1.54) is 25.3 Å². The molecule has 0 aliphatic carbocycles. The summed E-state index contributed by atoms with van der Waals surface area (Å²) in [5.41, 5.74) is 0.182. The van der Waals surface area contributed by atoms with Crippen LogP contribution in [0.2, 0.25) is 0 Å². The Hall–Kier alpha value is -2.95. The SMILES string of the molecule is COc1ccc2c(=O)c(O)c(-c3cccc(O)c3)oc2c1. The van der Waals surface area contributed by atoms with E-state index in [9.17, 15) is 15.0 Å². The van der Waals surface area contributed by atoms with Crippen molar-refractivity contribution in [2.75, 3.05) is 7.11 Å². The van der Waals surface area contributed by atoms with Crippen LogP contribution in [0.5, 0.6) is 17.2 Å². The van der Waals surface area contributed by atoms with Crippen LogP contribution in [0.25, 0.3) is 22.3 Å². The lowest BCUT2D eigenvalue weighted by atomic mass is 10.1. The van der Waals surface area contributed by atoms with Crippen LogP contribution in [0, 0.1) is 0 Å². The molecule has 0 aliphatic heterocycles. The van der Waals surface area contributed by atoms with Gasteiger partial charge in [-0.25, -0.2) is 0 Å². The fourth-order valence-electron chi connectivity index (χ4n) is 2.13. The van der Waals surface area contributed by atoms with Crippen molar-refractivity contribution >= 4 is 11.0 Å². The summed E-state index contributed by atoms with van der Waals surface area (Å²) in [6.07, 6.45) is 0. The summed E-state index contributed by atoms with van der Waals surface area (Å²) in [6.45, 7) is 0. The van der Waals surface area contributed by atoms with E-state index in [2.05, 4.69) is 0 Å². The summed E-state index contributed by atoms with van der Waals surface area (Å²) in [5, 5.41) is 19.8. The van der Waals surface area contributed by atoms with Crippen LogP contribution >= 0.6 is 0 Å². The monoisotopic (exact) mass is 284 g/mol. The number of rotatable bonds is 2. The van der Waals surface area contributed by atoms with Gasteiger partial charge >= 0.3 is 0 Å². The quantitative estimate of drug-likeness (QED) is 0.756. The van der Waals surface area contributed by atoms with Gasteiger partial charge in [-0.3, -0.25) is 4.79 Å². The molecular weight excluding hydrogens is 272 g/mol. The predicted molar refractivity (Wildman–Crippen MR) is 77.8 cm³/mol. The minimum Gasteiger partial charge on any atom is -0.508 e. The zero-order valence-corrected chi connectivity index (χ0v) is 11.2. The molecule has 0 fully saturated rings. The highest BCUT2D eigenvalue weighted by Gasteiger charge is 2.16. The molecule has 3 aromatic rings. The van der Waals surface area contributed by atoms with Crippen LogP contribution < -0.4 is 10.2 Å². The third kappa shape index (κ3) is 2.18. The fraction of sp³-hybridized carbons (Fsp3) is 0.0625. The van der Waals surface area contributed by atoms with Crippen molar-refractivity contribution in [3.8, 4) is 28.6 Å². The lowest BCUT2D eigenvalue weighted by Gasteiger charge is -2.07. The largest absolute Gasteiger partial charge is 0.508 e. The van der Waals surface area contributed by atoms with Crippen molar-refractivity contribution in [1.82, 2.24) is 0 Å². The van der Waals surface area contributed by atoms with E-state index in [-0.39, 0.29) is 16.9 Å². The molecule has 2 N–H and O–H groups in total. The molecule has 0 aliphatic rings. The first-order valence-electron chi connectivity index (χ1n) is 6.23. The second-order valence-electron chi connectivity index (χ2n) is 4.52. The van der Waals surface area contributed by atoms with Gasteiger partial charge in [-0.15, -0.1) is 0 Å². The normalized spacial score (nSPS) is 10.7. The van der Waals surface area contributed by atoms with E-state index in [1.807, 2.05) is 0 Å². The fourth-order valence-corrected chi connectivity index (χ4v) is 2.13. The average molecular weight is 284 g/mol. The van der Waals surface area contributed by atoms with Gasteiger partial charge in [0.2, 0.25) is 11.2 Å².